The molecule has 62 valence electrons. The lowest BCUT2D eigenvalue weighted by Crippen LogP contribution is -1.89. The van der Waals surface area contributed by atoms with Gasteiger partial charge in [0.15, 0.2) is 11.5 Å². The minimum atomic E-state index is -0.365. The van der Waals surface area contributed by atoms with Gasteiger partial charge in [-0.05, 0) is 13.0 Å². The third-order valence-corrected chi connectivity index (χ3v) is 1.71. The summed E-state index contributed by atoms with van der Waals surface area (Å²) in [6, 6.07) is 1.33. The molecule has 0 aliphatic heterocycles. The number of nitrogens with one attached hydrogen (secondary N) is 1. The first-order chi connectivity index (χ1) is 5.68. The number of anilines is 1. The zero-order valence-corrected chi connectivity index (χ0v) is 6.43. The first-order valence-electron chi connectivity index (χ1n) is 3.45. The molecule has 3 N–H and O–H groups in total. The molecule has 4 nitrogen and oxygen atoms in total. The second kappa shape index (κ2) is 2.17. The van der Waals surface area contributed by atoms with Crippen molar-refractivity contribution in [2.75, 3.05) is 5.73 Å². The van der Waals surface area contributed by atoms with Crippen LogP contribution in [0.1, 0.15) is 5.69 Å². The van der Waals surface area contributed by atoms with Gasteiger partial charge in [0.1, 0.15) is 5.82 Å². The Balaban J connectivity index is 2.87. The van der Waals surface area contributed by atoms with Crippen molar-refractivity contribution in [2.45, 2.75) is 6.92 Å². The number of halogens is 1. The number of rotatable bonds is 0. The van der Waals surface area contributed by atoms with Crippen molar-refractivity contribution in [3.05, 3.63) is 17.6 Å². The van der Waals surface area contributed by atoms with Crippen molar-refractivity contribution in [3.63, 3.8) is 0 Å². The molecule has 0 aliphatic carbocycles. The van der Waals surface area contributed by atoms with Crippen LogP contribution in [-0.2, 0) is 0 Å². The Kier molecular flexibility index (Phi) is 1.27. The molecule has 0 amide bonds. The SMILES string of the molecule is Cc1nc2[nH]nc(N)c2cc1F. The van der Waals surface area contributed by atoms with Gasteiger partial charge in [-0.3, -0.25) is 5.10 Å². The van der Waals surface area contributed by atoms with Gasteiger partial charge in [-0.15, -0.1) is 0 Å². The molecule has 0 atom stereocenters. The molecular weight excluding hydrogens is 159 g/mol. The number of pyridine rings is 1. The van der Waals surface area contributed by atoms with Crippen LogP contribution in [0.25, 0.3) is 11.0 Å². The van der Waals surface area contributed by atoms with E-state index >= 15 is 0 Å². The number of nitrogen functional groups attached to an aromatic ring is 1. The Labute approximate surface area is 67.6 Å². The van der Waals surface area contributed by atoms with E-state index in [9.17, 15) is 4.39 Å². The van der Waals surface area contributed by atoms with Crippen LogP contribution in [0.15, 0.2) is 6.07 Å². The Hall–Kier alpha value is -1.65. The summed E-state index contributed by atoms with van der Waals surface area (Å²) in [6.07, 6.45) is 0. The van der Waals surface area contributed by atoms with Crippen LogP contribution in [0, 0.1) is 12.7 Å². The Bertz CT molecular complexity index is 434. The summed E-state index contributed by atoms with van der Waals surface area (Å²) in [5.41, 5.74) is 6.30. The average molecular weight is 166 g/mol. The predicted molar refractivity (Wildman–Crippen MR) is 43.0 cm³/mol. The molecule has 0 fully saturated rings. The summed E-state index contributed by atoms with van der Waals surface area (Å²) in [5, 5.41) is 6.83. The number of fused-ring (bicyclic) bond motifs is 1. The molecule has 12 heavy (non-hydrogen) atoms. The highest BCUT2D eigenvalue weighted by atomic mass is 19.1. The first kappa shape index (κ1) is 7.02. The first-order valence-corrected chi connectivity index (χ1v) is 3.45. The highest BCUT2D eigenvalue weighted by Crippen LogP contribution is 2.17. The van der Waals surface area contributed by atoms with Crippen molar-refractivity contribution in [3.8, 4) is 0 Å². The molecule has 0 saturated carbocycles. The maximum atomic E-state index is 12.9. The monoisotopic (exact) mass is 166 g/mol. The normalized spacial score (nSPS) is 10.8. The lowest BCUT2D eigenvalue weighted by atomic mass is 10.3. The summed E-state index contributed by atoms with van der Waals surface area (Å²) < 4.78 is 12.9. The number of hydrogen-bond donors (Lipinski definition) is 2. The third kappa shape index (κ3) is 0.827. The van der Waals surface area contributed by atoms with Crippen LogP contribution in [0.2, 0.25) is 0 Å². The fourth-order valence-electron chi connectivity index (χ4n) is 1.03. The number of aromatic amines is 1. The van der Waals surface area contributed by atoms with E-state index in [1.54, 1.807) is 6.92 Å². The van der Waals surface area contributed by atoms with Gasteiger partial charge in [0.25, 0.3) is 0 Å². The molecule has 0 saturated heterocycles. The predicted octanol–water partition coefficient (Wildman–Crippen LogP) is 0.988. The highest BCUT2D eigenvalue weighted by molar-refractivity contribution is 5.85. The lowest BCUT2D eigenvalue weighted by Gasteiger charge is -1.94. The molecule has 0 spiro atoms. The molecule has 0 aliphatic rings. The van der Waals surface area contributed by atoms with Gasteiger partial charge in [-0.2, -0.15) is 5.10 Å². The van der Waals surface area contributed by atoms with Gasteiger partial charge in [-0.25, -0.2) is 9.37 Å². The van der Waals surface area contributed by atoms with E-state index in [0.717, 1.165) is 0 Å². The molecule has 0 aromatic carbocycles. The van der Waals surface area contributed by atoms with E-state index in [4.69, 9.17) is 5.73 Å². The Morgan fingerprint density at radius 1 is 1.58 bits per heavy atom. The van der Waals surface area contributed by atoms with Crippen molar-refractivity contribution in [1.29, 1.82) is 0 Å². The molecule has 2 aromatic heterocycles. The van der Waals surface area contributed by atoms with Gasteiger partial charge in [0.05, 0.1) is 11.1 Å². The third-order valence-electron chi connectivity index (χ3n) is 1.71. The second-order valence-electron chi connectivity index (χ2n) is 2.56. The minimum Gasteiger partial charge on any atom is -0.382 e. The molecule has 0 bridgehead atoms. The van der Waals surface area contributed by atoms with Crippen LogP contribution in [0.5, 0.6) is 0 Å². The Morgan fingerprint density at radius 2 is 2.33 bits per heavy atom. The van der Waals surface area contributed by atoms with E-state index in [1.807, 2.05) is 0 Å². The van der Waals surface area contributed by atoms with Crippen LogP contribution in [0.3, 0.4) is 0 Å². The number of aryl methyl sites for hydroxylation is 1. The molecule has 2 heterocycles. The molecular formula is C7H7FN4. The summed E-state index contributed by atoms with van der Waals surface area (Å²) in [6.45, 7) is 1.59. The largest absolute Gasteiger partial charge is 0.382 e. The molecule has 0 unspecified atom stereocenters. The van der Waals surface area contributed by atoms with Crippen molar-refractivity contribution >= 4 is 16.9 Å². The van der Waals surface area contributed by atoms with Crippen LogP contribution in [0.4, 0.5) is 10.2 Å². The number of H-pyrrole nitrogens is 1. The van der Waals surface area contributed by atoms with E-state index in [-0.39, 0.29) is 11.6 Å². The number of aromatic nitrogens is 3. The van der Waals surface area contributed by atoms with Crippen molar-refractivity contribution in [2.24, 2.45) is 0 Å². The highest BCUT2D eigenvalue weighted by Gasteiger charge is 2.06. The number of nitrogens with two attached hydrogens (primary N) is 1. The van der Waals surface area contributed by atoms with Gasteiger partial charge in [0, 0.05) is 0 Å². The Morgan fingerprint density at radius 3 is 3.08 bits per heavy atom. The fraction of sp³-hybridized carbons (Fsp3) is 0.143. The molecule has 2 aromatic rings. The van der Waals surface area contributed by atoms with E-state index < -0.39 is 0 Å². The maximum absolute atomic E-state index is 12.9. The maximum Gasteiger partial charge on any atom is 0.157 e. The van der Waals surface area contributed by atoms with Crippen LogP contribution < -0.4 is 5.73 Å². The average Bonchev–Trinajstić information content (AvgIpc) is 2.35. The topological polar surface area (TPSA) is 67.6 Å². The lowest BCUT2D eigenvalue weighted by molar-refractivity contribution is 0.613. The summed E-state index contributed by atoms with van der Waals surface area (Å²) in [4.78, 5) is 3.92. The van der Waals surface area contributed by atoms with Crippen LogP contribution >= 0.6 is 0 Å². The zero-order chi connectivity index (χ0) is 8.72. The van der Waals surface area contributed by atoms with E-state index in [1.165, 1.54) is 6.07 Å². The number of hydrogen-bond acceptors (Lipinski definition) is 3. The smallest absolute Gasteiger partial charge is 0.157 e. The number of nitrogens with zero attached hydrogens (tertiary/aromatic N) is 2. The van der Waals surface area contributed by atoms with Crippen LogP contribution in [-0.4, -0.2) is 15.2 Å². The second-order valence-corrected chi connectivity index (χ2v) is 2.56. The summed E-state index contributed by atoms with van der Waals surface area (Å²) in [5.74, 6) is -0.0907. The molecule has 2 rings (SSSR count). The summed E-state index contributed by atoms with van der Waals surface area (Å²) in [7, 11) is 0. The van der Waals surface area contributed by atoms with Crippen molar-refractivity contribution < 1.29 is 4.39 Å². The van der Waals surface area contributed by atoms with E-state index in [2.05, 4.69) is 15.2 Å². The standard InChI is InChI=1S/C7H7FN4/c1-3-5(8)2-4-6(9)11-12-7(4)10-3/h2H,1H3,(H3,9,10,11,12). The van der Waals surface area contributed by atoms with Crippen molar-refractivity contribution in [1.82, 2.24) is 15.2 Å². The quantitative estimate of drug-likeness (QED) is 0.613. The van der Waals surface area contributed by atoms with Gasteiger partial charge in [-0.1, -0.05) is 0 Å². The zero-order valence-electron chi connectivity index (χ0n) is 6.43. The fourth-order valence-corrected chi connectivity index (χ4v) is 1.03. The summed E-state index contributed by atoms with van der Waals surface area (Å²) >= 11 is 0. The molecule has 5 heteroatoms. The van der Waals surface area contributed by atoms with E-state index in [0.29, 0.717) is 16.7 Å². The van der Waals surface area contributed by atoms with Gasteiger partial charge >= 0.3 is 0 Å². The molecule has 0 radical (unpaired) electrons. The minimum absolute atomic E-state index is 0.274. The van der Waals surface area contributed by atoms with Gasteiger partial charge < -0.3 is 5.73 Å². The van der Waals surface area contributed by atoms with Gasteiger partial charge in [0.2, 0.25) is 0 Å².